The monoisotopic (exact) mass is 655 g/mol. The van der Waals surface area contributed by atoms with Crippen LogP contribution in [-0.2, 0) is 17.8 Å². The van der Waals surface area contributed by atoms with E-state index < -0.39 is 11.3 Å². The number of amides is 2. The molecule has 0 unspecified atom stereocenters. The fourth-order valence-corrected chi connectivity index (χ4v) is 6.51. The lowest BCUT2D eigenvalue weighted by Gasteiger charge is -2.34. The van der Waals surface area contributed by atoms with Crippen molar-refractivity contribution in [1.82, 2.24) is 10.2 Å². The number of carbonyl (C=O) groups is 2. The van der Waals surface area contributed by atoms with E-state index in [1.807, 2.05) is 41.3 Å². The first-order valence-electron chi connectivity index (χ1n) is 16.0. The van der Waals surface area contributed by atoms with Crippen molar-refractivity contribution in [1.29, 1.82) is 0 Å². The second kappa shape index (κ2) is 14.3. The van der Waals surface area contributed by atoms with Crippen LogP contribution in [0, 0.1) is 0 Å². The second-order valence-corrected chi connectivity index (χ2v) is 12.6. The second-order valence-electron chi connectivity index (χ2n) is 12.1. The SMILES string of the molecule is COc1cc2oc(C(=O)N[C@H](C=C3CCN(c4ccccc4CN4CCCCC4=O)CC3)Cc3ccc(Cl)cc3)cc(=O)c2cc1O. The van der Waals surface area contributed by atoms with Crippen molar-refractivity contribution >= 4 is 40.1 Å². The molecule has 1 aromatic heterocycles. The first-order valence-corrected chi connectivity index (χ1v) is 16.4. The number of para-hydroxylation sites is 1. The van der Waals surface area contributed by atoms with E-state index in [1.165, 1.54) is 24.8 Å². The quantitative estimate of drug-likeness (QED) is 0.205. The summed E-state index contributed by atoms with van der Waals surface area (Å²) in [6, 6.07) is 19.3. The van der Waals surface area contributed by atoms with Crippen LogP contribution >= 0.6 is 11.6 Å². The van der Waals surface area contributed by atoms with Gasteiger partial charge in [-0.1, -0.05) is 53.6 Å². The maximum atomic E-state index is 13.5. The highest BCUT2D eigenvalue weighted by Crippen LogP contribution is 2.31. The normalized spacial score (nSPS) is 15.9. The van der Waals surface area contributed by atoms with E-state index in [1.54, 1.807) is 0 Å². The summed E-state index contributed by atoms with van der Waals surface area (Å²) in [5, 5.41) is 13.9. The molecule has 1 atom stereocenters. The molecule has 2 aliphatic rings. The highest BCUT2D eigenvalue weighted by molar-refractivity contribution is 6.30. The number of piperidine rings is 2. The first-order chi connectivity index (χ1) is 22.8. The predicted molar refractivity (Wildman–Crippen MR) is 182 cm³/mol. The number of hydrogen-bond acceptors (Lipinski definition) is 7. The third-order valence-electron chi connectivity index (χ3n) is 8.90. The lowest BCUT2D eigenvalue weighted by Crippen LogP contribution is -2.37. The molecule has 0 radical (unpaired) electrons. The minimum absolute atomic E-state index is 0.131. The summed E-state index contributed by atoms with van der Waals surface area (Å²) >= 11 is 6.13. The molecular formula is C37H38ClN3O6. The third-order valence-corrected chi connectivity index (χ3v) is 9.15. The molecule has 2 N–H and O–H groups in total. The highest BCUT2D eigenvalue weighted by atomic mass is 35.5. The Hall–Kier alpha value is -4.76. The largest absolute Gasteiger partial charge is 0.504 e. The molecule has 0 spiro atoms. The van der Waals surface area contributed by atoms with Crippen LogP contribution in [-0.4, -0.2) is 54.6 Å². The Morgan fingerprint density at radius 1 is 1.02 bits per heavy atom. The number of halogens is 1. The summed E-state index contributed by atoms with van der Waals surface area (Å²) in [6.07, 6.45) is 6.90. The van der Waals surface area contributed by atoms with Gasteiger partial charge in [0.25, 0.3) is 5.91 Å². The number of phenolic OH excluding ortho intramolecular Hbond substituents is 1. The molecule has 0 aliphatic carbocycles. The van der Waals surface area contributed by atoms with Gasteiger partial charge in [0.05, 0.1) is 18.5 Å². The van der Waals surface area contributed by atoms with Crippen molar-refractivity contribution < 1.29 is 23.8 Å². The average Bonchev–Trinajstić information content (AvgIpc) is 3.07. The number of carbonyl (C=O) groups excluding carboxylic acids is 2. The Morgan fingerprint density at radius 3 is 2.53 bits per heavy atom. The zero-order valence-electron chi connectivity index (χ0n) is 26.3. The van der Waals surface area contributed by atoms with Gasteiger partial charge in [-0.05, 0) is 67.5 Å². The van der Waals surface area contributed by atoms with Crippen LogP contribution in [0.5, 0.6) is 11.5 Å². The molecule has 2 aliphatic heterocycles. The maximum absolute atomic E-state index is 13.5. The van der Waals surface area contributed by atoms with Crippen LogP contribution in [0.15, 0.2) is 87.6 Å². The fraction of sp³-hybridized carbons (Fsp3) is 0.324. The number of aromatic hydroxyl groups is 1. The Morgan fingerprint density at radius 2 is 1.79 bits per heavy atom. The fourth-order valence-electron chi connectivity index (χ4n) is 6.39. The molecule has 0 saturated carbocycles. The van der Waals surface area contributed by atoms with Gasteiger partial charge in [0.1, 0.15) is 5.58 Å². The van der Waals surface area contributed by atoms with Crippen LogP contribution in [0.2, 0.25) is 5.02 Å². The van der Waals surface area contributed by atoms with Gasteiger partial charge in [-0.3, -0.25) is 14.4 Å². The predicted octanol–water partition coefficient (Wildman–Crippen LogP) is 6.24. The number of ether oxygens (including phenoxy) is 1. The Kier molecular flexibility index (Phi) is 9.82. The smallest absolute Gasteiger partial charge is 0.287 e. The topological polar surface area (TPSA) is 112 Å². The molecule has 4 aromatic rings. The number of phenols is 1. The Bertz CT molecular complexity index is 1860. The summed E-state index contributed by atoms with van der Waals surface area (Å²) in [6.45, 7) is 3.06. The zero-order valence-corrected chi connectivity index (χ0v) is 27.1. The summed E-state index contributed by atoms with van der Waals surface area (Å²) < 4.78 is 11.0. The van der Waals surface area contributed by atoms with Crippen LogP contribution in [0.3, 0.4) is 0 Å². The van der Waals surface area contributed by atoms with Crippen molar-refractivity contribution in [3.8, 4) is 11.5 Å². The molecular weight excluding hydrogens is 618 g/mol. The number of benzene rings is 3. The average molecular weight is 656 g/mol. The summed E-state index contributed by atoms with van der Waals surface area (Å²) in [4.78, 5) is 43.2. The molecule has 3 aromatic carbocycles. The van der Waals surface area contributed by atoms with Crippen LogP contribution in [0.1, 0.15) is 53.8 Å². The maximum Gasteiger partial charge on any atom is 0.287 e. The molecule has 0 bridgehead atoms. The molecule has 10 heteroatoms. The summed E-state index contributed by atoms with van der Waals surface area (Å²) in [5.74, 6) is -0.479. The summed E-state index contributed by atoms with van der Waals surface area (Å²) in [5.41, 5.74) is 4.24. The number of nitrogens with zero attached hydrogens (tertiary/aromatic N) is 2. The van der Waals surface area contributed by atoms with Crippen molar-refractivity contribution in [3.63, 3.8) is 0 Å². The number of likely N-dealkylation sites (tertiary alicyclic amines) is 1. The van der Waals surface area contributed by atoms with E-state index in [-0.39, 0.29) is 40.2 Å². The van der Waals surface area contributed by atoms with Crippen LogP contribution in [0.25, 0.3) is 11.0 Å². The molecule has 47 heavy (non-hydrogen) atoms. The molecule has 244 valence electrons. The Labute approximate surface area is 278 Å². The molecule has 6 rings (SSSR count). The number of anilines is 1. The van der Waals surface area contributed by atoms with E-state index in [9.17, 15) is 19.5 Å². The number of hydrogen-bond donors (Lipinski definition) is 2. The van der Waals surface area contributed by atoms with Gasteiger partial charge in [0.2, 0.25) is 5.91 Å². The Balaban J connectivity index is 1.20. The highest BCUT2D eigenvalue weighted by Gasteiger charge is 2.23. The third kappa shape index (κ3) is 7.63. The van der Waals surface area contributed by atoms with Crippen molar-refractivity contribution in [2.45, 2.75) is 51.1 Å². The van der Waals surface area contributed by atoms with Gasteiger partial charge in [-0.25, -0.2) is 0 Å². The van der Waals surface area contributed by atoms with Crippen molar-refractivity contribution in [2.75, 3.05) is 31.6 Å². The lowest BCUT2D eigenvalue weighted by atomic mass is 9.97. The van der Waals surface area contributed by atoms with E-state index in [0.717, 1.165) is 68.2 Å². The van der Waals surface area contributed by atoms with E-state index in [0.29, 0.717) is 24.4 Å². The molecule has 9 nitrogen and oxygen atoms in total. The van der Waals surface area contributed by atoms with Gasteiger partial charge in [-0.15, -0.1) is 0 Å². The van der Waals surface area contributed by atoms with Gasteiger partial charge in [0, 0.05) is 55.4 Å². The number of rotatable bonds is 9. The number of nitrogens with one attached hydrogen (secondary N) is 1. The molecule has 2 saturated heterocycles. The van der Waals surface area contributed by atoms with Gasteiger partial charge >= 0.3 is 0 Å². The minimum atomic E-state index is -0.523. The first kappa shape index (κ1) is 32.2. The van der Waals surface area contributed by atoms with Crippen molar-refractivity contribution in [3.05, 3.63) is 111 Å². The van der Waals surface area contributed by atoms with Gasteiger partial charge < -0.3 is 29.4 Å². The lowest BCUT2D eigenvalue weighted by molar-refractivity contribution is -0.133. The van der Waals surface area contributed by atoms with Crippen LogP contribution < -0.4 is 20.4 Å². The van der Waals surface area contributed by atoms with Gasteiger partial charge in [0.15, 0.2) is 22.7 Å². The van der Waals surface area contributed by atoms with E-state index >= 15 is 0 Å². The molecule has 3 heterocycles. The van der Waals surface area contributed by atoms with Crippen LogP contribution in [0.4, 0.5) is 5.69 Å². The molecule has 2 amide bonds. The van der Waals surface area contributed by atoms with Gasteiger partial charge in [-0.2, -0.15) is 0 Å². The molecule has 2 fully saturated rings. The summed E-state index contributed by atoms with van der Waals surface area (Å²) in [7, 11) is 1.39. The zero-order chi connectivity index (χ0) is 32.9. The van der Waals surface area contributed by atoms with Crippen molar-refractivity contribution in [2.24, 2.45) is 0 Å². The number of fused-ring (bicyclic) bond motifs is 1. The van der Waals surface area contributed by atoms with E-state index in [4.69, 9.17) is 20.8 Å². The minimum Gasteiger partial charge on any atom is -0.504 e. The number of methoxy groups -OCH3 is 1. The standard InChI is InChI=1S/C37H38ClN3O6/c1-46-34-22-33-29(20-32(34)43)31(42)21-35(47-33)37(45)39-28(18-24-9-11-27(38)12-10-24)19-25-13-16-40(17-14-25)30-7-3-2-6-26(30)23-41-15-5-4-8-36(41)44/h2-3,6-7,9-12,19-22,28,43H,4-5,8,13-18,23H2,1H3,(H,39,45)/t28-/m0/s1. The van der Waals surface area contributed by atoms with E-state index in [2.05, 4.69) is 28.4 Å².